The van der Waals surface area contributed by atoms with Crippen molar-refractivity contribution in [3.63, 3.8) is 0 Å². The molecule has 6 heteroatoms. The van der Waals surface area contributed by atoms with Crippen LogP contribution < -0.4 is 4.72 Å². The van der Waals surface area contributed by atoms with Crippen molar-refractivity contribution in [1.82, 2.24) is 0 Å². The molecular weight excluding hydrogens is 345 g/mol. The van der Waals surface area contributed by atoms with Gasteiger partial charge in [-0.1, -0.05) is 17.7 Å². The van der Waals surface area contributed by atoms with E-state index >= 15 is 0 Å². The molecule has 0 saturated heterocycles. The molecule has 0 aliphatic heterocycles. The van der Waals surface area contributed by atoms with Crippen LogP contribution in [-0.2, 0) is 10.0 Å². The van der Waals surface area contributed by atoms with Crippen LogP contribution in [-0.4, -0.2) is 8.42 Å². The summed E-state index contributed by atoms with van der Waals surface area (Å²) in [5, 5.41) is 0. The highest BCUT2D eigenvalue weighted by atomic mass is 79.9. The first-order chi connectivity index (χ1) is 9.29. The number of hydrogen-bond donors (Lipinski definition) is 1. The Hall–Kier alpha value is -1.40. The molecule has 0 heterocycles. The lowest BCUT2D eigenvalue weighted by molar-refractivity contribution is 0.599. The molecular formula is C14H13BrFNO2S. The van der Waals surface area contributed by atoms with Crippen LogP contribution in [0.5, 0.6) is 0 Å². The van der Waals surface area contributed by atoms with Gasteiger partial charge in [-0.05, 0) is 59.6 Å². The molecule has 20 heavy (non-hydrogen) atoms. The van der Waals surface area contributed by atoms with Gasteiger partial charge in [0.25, 0.3) is 10.0 Å². The quantitative estimate of drug-likeness (QED) is 0.901. The maximum atomic E-state index is 13.0. The van der Waals surface area contributed by atoms with Crippen molar-refractivity contribution in [1.29, 1.82) is 0 Å². The number of rotatable bonds is 3. The fraction of sp³-hybridized carbons (Fsp3) is 0.143. The predicted molar refractivity (Wildman–Crippen MR) is 80.8 cm³/mol. The Kier molecular flexibility index (Phi) is 4.15. The minimum atomic E-state index is -3.76. The zero-order valence-electron chi connectivity index (χ0n) is 10.9. The van der Waals surface area contributed by atoms with Gasteiger partial charge in [0.1, 0.15) is 10.7 Å². The summed E-state index contributed by atoms with van der Waals surface area (Å²) < 4.78 is 40.3. The van der Waals surface area contributed by atoms with E-state index < -0.39 is 15.8 Å². The highest BCUT2D eigenvalue weighted by Gasteiger charge is 2.18. The Morgan fingerprint density at radius 1 is 1.10 bits per heavy atom. The lowest BCUT2D eigenvalue weighted by atomic mass is 10.1. The Balaban J connectivity index is 2.41. The summed E-state index contributed by atoms with van der Waals surface area (Å²) in [4.78, 5) is -0.00104. The molecule has 0 saturated carbocycles. The third-order valence-corrected chi connectivity index (χ3v) is 5.15. The molecule has 0 spiro atoms. The van der Waals surface area contributed by atoms with Gasteiger partial charge in [-0.2, -0.15) is 0 Å². The smallest absolute Gasteiger partial charge is 0.263 e. The van der Waals surface area contributed by atoms with Gasteiger partial charge in [0.15, 0.2) is 0 Å². The fourth-order valence-corrected chi connectivity index (χ4v) is 4.00. The van der Waals surface area contributed by atoms with Crippen LogP contribution in [0.1, 0.15) is 11.1 Å². The number of halogens is 2. The zero-order chi connectivity index (χ0) is 14.9. The van der Waals surface area contributed by atoms with E-state index in [9.17, 15) is 12.8 Å². The van der Waals surface area contributed by atoms with Crippen LogP contribution in [0.3, 0.4) is 0 Å². The van der Waals surface area contributed by atoms with E-state index in [0.29, 0.717) is 5.69 Å². The van der Waals surface area contributed by atoms with Crippen LogP contribution >= 0.6 is 15.9 Å². The van der Waals surface area contributed by atoms with Crippen LogP contribution in [0.25, 0.3) is 0 Å². The van der Waals surface area contributed by atoms with Crippen LogP contribution in [0.2, 0.25) is 0 Å². The van der Waals surface area contributed by atoms with Gasteiger partial charge in [0.2, 0.25) is 0 Å². The van der Waals surface area contributed by atoms with Crippen molar-refractivity contribution in [2.45, 2.75) is 18.7 Å². The highest BCUT2D eigenvalue weighted by molar-refractivity contribution is 9.10. The molecule has 2 rings (SSSR count). The SMILES string of the molecule is Cc1ccc(NS(=O)(=O)c2ccc(F)cc2Br)c(C)c1. The van der Waals surface area contributed by atoms with Gasteiger partial charge in [-0.3, -0.25) is 4.72 Å². The normalized spacial score (nSPS) is 11.4. The van der Waals surface area contributed by atoms with E-state index in [2.05, 4.69) is 20.7 Å². The predicted octanol–water partition coefficient (Wildman–Crippen LogP) is 4.01. The molecule has 0 aromatic heterocycles. The maximum Gasteiger partial charge on any atom is 0.263 e. The van der Waals surface area contributed by atoms with Gasteiger partial charge in [-0.25, -0.2) is 12.8 Å². The van der Waals surface area contributed by atoms with Crippen molar-refractivity contribution in [3.05, 3.63) is 57.8 Å². The average Bonchev–Trinajstić information content (AvgIpc) is 2.32. The zero-order valence-corrected chi connectivity index (χ0v) is 13.3. The number of benzene rings is 2. The summed E-state index contributed by atoms with van der Waals surface area (Å²) in [6, 6.07) is 8.88. The van der Waals surface area contributed by atoms with Gasteiger partial charge >= 0.3 is 0 Å². The van der Waals surface area contributed by atoms with Crippen LogP contribution in [0, 0.1) is 19.7 Å². The fourth-order valence-electron chi connectivity index (χ4n) is 1.82. The standard InChI is InChI=1S/C14H13BrFNO2S/c1-9-3-5-13(10(2)7-9)17-20(18,19)14-6-4-11(16)8-12(14)15/h3-8,17H,1-2H3. The molecule has 0 bridgehead atoms. The summed E-state index contributed by atoms with van der Waals surface area (Å²) in [5.74, 6) is -0.498. The Morgan fingerprint density at radius 3 is 2.40 bits per heavy atom. The second kappa shape index (κ2) is 5.54. The van der Waals surface area contributed by atoms with E-state index in [1.165, 1.54) is 6.07 Å². The molecule has 106 valence electrons. The first kappa shape index (κ1) is 15.0. The molecule has 0 radical (unpaired) electrons. The molecule has 2 aromatic rings. The molecule has 0 aliphatic rings. The molecule has 1 N–H and O–H groups in total. The van der Waals surface area contributed by atoms with Crippen LogP contribution in [0.15, 0.2) is 45.8 Å². The van der Waals surface area contributed by atoms with Gasteiger partial charge in [0, 0.05) is 4.47 Å². The van der Waals surface area contributed by atoms with Crippen LogP contribution in [0.4, 0.5) is 10.1 Å². The van der Waals surface area contributed by atoms with E-state index in [0.717, 1.165) is 23.3 Å². The molecule has 0 amide bonds. The average molecular weight is 358 g/mol. The second-order valence-corrected chi connectivity index (χ2v) is 7.00. The topological polar surface area (TPSA) is 46.2 Å². The summed E-state index contributed by atoms with van der Waals surface area (Å²) in [6.45, 7) is 3.76. The highest BCUT2D eigenvalue weighted by Crippen LogP contribution is 2.26. The van der Waals surface area contributed by atoms with Crippen molar-refractivity contribution in [2.24, 2.45) is 0 Å². The number of nitrogens with one attached hydrogen (secondary N) is 1. The van der Waals surface area contributed by atoms with E-state index in [4.69, 9.17) is 0 Å². The summed E-state index contributed by atoms with van der Waals surface area (Å²) >= 11 is 3.07. The molecule has 0 atom stereocenters. The lowest BCUT2D eigenvalue weighted by Gasteiger charge is -2.12. The molecule has 2 aromatic carbocycles. The third-order valence-electron chi connectivity index (χ3n) is 2.81. The van der Waals surface area contributed by atoms with E-state index in [1.54, 1.807) is 6.07 Å². The summed E-state index contributed by atoms with van der Waals surface area (Å²) in [7, 11) is -3.76. The number of sulfonamides is 1. The first-order valence-electron chi connectivity index (χ1n) is 5.85. The number of aryl methyl sites for hydroxylation is 2. The molecule has 0 aliphatic carbocycles. The Morgan fingerprint density at radius 2 is 1.80 bits per heavy atom. The summed E-state index contributed by atoms with van der Waals surface area (Å²) in [5.41, 5.74) is 2.38. The molecule has 0 unspecified atom stereocenters. The van der Waals surface area contributed by atoms with Gasteiger partial charge in [-0.15, -0.1) is 0 Å². The van der Waals surface area contributed by atoms with E-state index in [-0.39, 0.29) is 9.37 Å². The largest absolute Gasteiger partial charge is 0.279 e. The third kappa shape index (κ3) is 3.19. The van der Waals surface area contributed by atoms with Crippen molar-refractivity contribution in [3.8, 4) is 0 Å². The number of hydrogen-bond acceptors (Lipinski definition) is 2. The molecule has 0 fully saturated rings. The first-order valence-corrected chi connectivity index (χ1v) is 8.12. The van der Waals surface area contributed by atoms with Crippen molar-refractivity contribution in [2.75, 3.05) is 4.72 Å². The summed E-state index contributed by atoms with van der Waals surface area (Å²) in [6.07, 6.45) is 0. The van der Waals surface area contributed by atoms with Crippen molar-refractivity contribution >= 4 is 31.6 Å². The number of anilines is 1. The minimum Gasteiger partial charge on any atom is -0.279 e. The molecule has 3 nitrogen and oxygen atoms in total. The Bertz CT molecular complexity index is 760. The van der Waals surface area contributed by atoms with E-state index in [1.807, 2.05) is 26.0 Å². The van der Waals surface area contributed by atoms with Gasteiger partial charge < -0.3 is 0 Å². The van der Waals surface area contributed by atoms with Gasteiger partial charge in [0.05, 0.1) is 5.69 Å². The minimum absolute atomic E-state index is 0.00104. The second-order valence-electron chi connectivity index (χ2n) is 4.50. The Labute approximate surface area is 126 Å². The lowest BCUT2D eigenvalue weighted by Crippen LogP contribution is -2.14. The van der Waals surface area contributed by atoms with Crippen molar-refractivity contribution < 1.29 is 12.8 Å². The monoisotopic (exact) mass is 357 g/mol. The maximum absolute atomic E-state index is 13.0.